The van der Waals surface area contributed by atoms with Crippen molar-refractivity contribution in [3.63, 3.8) is 0 Å². The Bertz CT molecular complexity index is 794. The van der Waals surface area contributed by atoms with E-state index in [1.54, 1.807) is 16.0 Å². The molecule has 0 unspecified atom stereocenters. The van der Waals surface area contributed by atoms with Crippen LogP contribution in [0.2, 0.25) is 0 Å². The highest BCUT2D eigenvalue weighted by molar-refractivity contribution is 7.22. The van der Waals surface area contributed by atoms with Crippen molar-refractivity contribution in [1.29, 1.82) is 0 Å². The Kier molecular flexibility index (Phi) is 4.77. The second kappa shape index (κ2) is 6.97. The average Bonchev–Trinajstić information content (AvgIpc) is 3.25. The van der Waals surface area contributed by atoms with Crippen molar-refractivity contribution < 1.29 is 9.53 Å². The van der Waals surface area contributed by atoms with Crippen molar-refractivity contribution in [2.45, 2.75) is 33.4 Å². The summed E-state index contributed by atoms with van der Waals surface area (Å²) in [6, 6.07) is 3.94. The second-order valence-corrected chi connectivity index (χ2v) is 6.75. The normalized spacial score (nSPS) is 10.9. The minimum Gasteiger partial charge on any atom is -0.453 e. The molecule has 0 N–H and O–H groups in total. The van der Waals surface area contributed by atoms with Crippen LogP contribution in [0.3, 0.4) is 0 Å². The number of carbonyl (C=O) groups is 1. The van der Waals surface area contributed by atoms with E-state index in [0.717, 1.165) is 16.3 Å². The van der Waals surface area contributed by atoms with Gasteiger partial charge in [0.2, 0.25) is 0 Å². The van der Waals surface area contributed by atoms with Crippen LogP contribution in [0.15, 0.2) is 17.5 Å². The van der Waals surface area contributed by atoms with Gasteiger partial charge in [0.05, 0.1) is 10.6 Å². The Morgan fingerprint density at radius 2 is 2.30 bits per heavy atom. The van der Waals surface area contributed by atoms with Gasteiger partial charge in [0, 0.05) is 6.54 Å². The van der Waals surface area contributed by atoms with E-state index in [4.69, 9.17) is 4.74 Å². The Labute approximate surface area is 140 Å². The number of thiazole rings is 1. The quantitative estimate of drug-likeness (QED) is 0.636. The third kappa shape index (κ3) is 3.45. The summed E-state index contributed by atoms with van der Waals surface area (Å²) >= 11 is 2.94. The van der Waals surface area contributed by atoms with E-state index in [-0.39, 0.29) is 6.61 Å². The number of hydrogen-bond acceptors (Lipinski definition) is 8. The number of nitrogens with zero attached hydrogens (tertiary/aromatic N) is 5. The highest BCUT2D eigenvalue weighted by Crippen LogP contribution is 2.31. The Hall–Kier alpha value is -2.13. The molecular weight excluding hydrogens is 334 g/mol. The van der Waals surface area contributed by atoms with E-state index in [1.165, 1.54) is 11.3 Å². The van der Waals surface area contributed by atoms with Gasteiger partial charge >= 0.3 is 5.97 Å². The number of carbonyl (C=O) groups excluding carboxylic acids is 1. The van der Waals surface area contributed by atoms with Gasteiger partial charge in [-0.15, -0.1) is 27.8 Å². The van der Waals surface area contributed by atoms with E-state index >= 15 is 0 Å². The molecule has 3 rings (SSSR count). The number of aryl methyl sites for hydroxylation is 2. The van der Waals surface area contributed by atoms with Crippen molar-refractivity contribution in [2.75, 3.05) is 0 Å². The summed E-state index contributed by atoms with van der Waals surface area (Å²) in [4.78, 5) is 18.3. The lowest BCUT2D eigenvalue weighted by atomic mass is 10.4. The van der Waals surface area contributed by atoms with Crippen LogP contribution in [0.1, 0.15) is 34.5 Å². The van der Waals surface area contributed by atoms with E-state index in [0.29, 0.717) is 22.9 Å². The fraction of sp³-hybridized carbons (Fsp3) is 0.357. The van der Waals surface area contributed by atoms with Crippen molar-refractivity contribution >= 4 is 28.6 Å². The molecule has 0 fully saturated rings. The van der Waals surface area contributed by atoms with E-state index in [2.05, 4.69) is 20.5 Å². The van der Waals surface area contributed by atoms with Gasteiger partial charge in [0.15, 0.2) is 12.4 Å². The minimum absolute atomic E-state index is 0.0531. The van der Waals surface area contributed by atoms with E-state index in [1.807, 2.05) is 31.4 Å². The highest BCUT2D eigenvalue weighted by Gasteiger charge is 2.19. The van der Waals surface area contributed by atoms with Gasteiger partial charge in [0.1, 0.15) is 9.88 Å². The van der Waals surface area contributed by atoms with Crippen LogP contribution in [0.4, 0.5) is 0 Å². The zero-order valence-electron chi connectivity index (χ0n) is 12.7. The van der Waals surface area contributed by atoms with E-state index < -0.39 is 5.97 Å². The first-order chi connectivity index (χ1) is 11.2. The molecule has 3 heterocycles. The first-order valence-electron chi connectivity index (χ1n) is 7.12. The van der Waals surface area contributed by atoms with Crippen LogP contribution in [-0.2, 0) is 17.9 Å². The van der Waals surface area contributed by atoms with E-state index in [9.17, 15) is 4.79 Å². The maximum Gasteiger partial charge on any atom is 0.350 e. The minimum atomic E-state index is -0.395. The topological polar surface area (TPSA) is 82.8 Å². The monoisotopic (exact) mass is 349 g/mol. The fourth-order valence-electron chi connectivity index (χ4n) is 2.00. The zero-order chi connectivity index (χ0) is 16.2. The summed E-state index contributed by atoms with van der Waals surface area (Å²) in [5.74, 6) is 0.148. The molecule has 23 heavy (non-hydrogen) atoms. The second-order valence-electron chi connectivity index (χ2n) is 4.81. The molecule has 0 radical (unpaired) electrons. The van der Waals surface area contributed by atoms with Crippen LogP contribution in [-0.4, -0.2) is 31.2 Å². The van der Waals surface area contributed by atoms with Gasteiger partial charge in [-0.25, -0.2) is 14.5 Å². The number of thiophene rings is 1. The Morgan fingerprint density at radius 1 is 1.43 bits per heavy atom. The summed E-state index contributed by atoms with van der Waals surface area (Å²) in [6.45, 7) is 4.59. The van der Waals surface area contributed by atoms with Crippen LogP contribution in [0.5, 0.6) is 0 Å². The maximum atomic E-state index is 12.3. The molecule has 0 amide bonds. The first-order valence-corrected chi connectivity index (χ1v) is 8.82. The summed E-state index contributed by atoms with van der Waals surface area (Å²) in [6.07, 6.45) is 0.907. The molecule has 0 saturated carbocycles. The van der Waals surface area contributed by atoms with Crippen molar-refractivity contribution in [3.8, 4) is 9.88 Å². The van der Waals surface area contributed by atoms with Gasteiger partial charge in [-0.2, -0.15) is 0 Å². The van der Waals surface area contributed by atoms with Crippen LogP contribution in [0.25, 0.3) is 9.88 Å². The summed E-state index contributed by atoms with van der Waals surface area (Å²) in [5, 5.41) is 14.2. The molecule has 120 valence electrons. The zero-order valence-corrected chi connectivity index (χ0v) is 14.4. The third-order valence-corrected chi connectivity index (χ3v) is 5.26. The lowest BCUT2D eigenvalue weighted by molar-refractivity contribution is 0.0461. The van der Waals surface area contributed by atoms with Crippen LogP contribution < -0.4 is 0 Å². The van der Waals surface area contributed by atoms with Crippen LogP contribution in [0, 0.1) is 6.92 Å². The number of tetrazole rings is 1. The van der Waals surface area contributed by atoms with Crippen molar-refractivity contribution in [3.05, 3.63) is 33.9 Å². The summed E-state index contributed by atoms with van der Waals surface area (Å²) in [5.41, 5.74) is 0.677. The number of esters is 1. The Morgan fingerprint density at radius 3 is 3.04 bits per heavy atom. The van der Waals surface area contributed by atoms with Crippen LogP contribution >= 0.6 is 22.7 Å². The summed E-state index contributed by atoms with van der Waals surface area (Å²) in [7, 11) is 0. The van der Waals surface area contributed by atoms with Crippen molar-refractivity contribution in [1.82, 2.24) is 25.2 Å². The smallest absolute Gasteiger partial charge is 0.350 e. The van der Waals surface area contributed by atoms with Gasteiger partial charge in [0.25, 0.3) is 0 Å². The average molecular weight is 349 g/mol. The first kappa shape index (κ1) is 15.8. The number of rotatable bonds is 6. The Balaban J connectivity index is 1.70. The number of aromatic nitrogens is 5. The molecule has 0 aliphatic rings. The van der Waals surface area contributed by atoms with Gasteiger partial charge in [-0.1, -0.05) is 13.0 Å². The molecular formula is C14H15N5O2S2. The lowest BCUT2D eigenvalue weighted by Crippen LogP contribution is -2.10. The summed E-state index contributed by atoms with van der Waals surface area (Å²) < 4.78 is 6.99. The third-order valence-electron chi connectivity index (χ3n) is 3.09. The molecule has 0 atom stereocenters. The predicted octanol–water partition coefficient (Wildman–Crippen LogP) is 2.93. The molecule has 0 spiro atoms. The molecule has 0 saturated heterocycles. The number of ether oxygens (including phenoxy) is 1. The van der Waals surface area contributed by atoms with Crippen molar-refractivity contribution in [2.24, 2.45) is 0 Å². The highest BCUT2D eigenvalue weighted by atomic mass is 32.1. The molecule has 7 nitrogen and oxygen atoms in total. The number of hydrogen-bond donors (Lipinski definition) is 0. The SMILES string of the molecule is CCCn1nnnc1COC(=O)c1sc(-c2cccs2)nc1C. The standard InChI is InChI=1S/C14H15N5O2S2/c1-3-6-19-11(16-17-18-19)8-21-14(20)12-9(2)15-13(23-12)10-5-4-7-22-10/h4-5,7H,3,6,8H2,1-2H3. The molecule has 0 bridgehead atoms. The molecule has 0 aliphatic heterocycles. The predicted molar refractivity (Wildman–Crippen MR) is 87.4 cm³/mol. The molecule has 3 aromatic heterocycles. The molecule has 0 aromatic carbocycles. The molecule has 0 aliphatic carbocycles. The molecule has 3 aromatic rings. The maximum absolute atomic E-state index is 12.3. The fourth-order valence-corrected chi connectivity index (χ4v) is 3.76. The van der Waals surface area contributed by atoms with Gasteiger partial charge < -0.3 is 4.74 Å². The lowest BCUT2D eigenvalue weighted by Gasteiger charge is -2.04. The largest absolute Gasteiger partial charge is 0.453 e. The van der Waals surface area contributed by atoms with Gasteiger partial charge in [-0.05, 0) is 35.2 Å². The molecule has 9 heteroatoms. The van der Waals surface area contributed by atoms with Gasteiger partial charge in [-0.3, -0.25) is 0 Å².